The Kier molecular flexibility index (Phi) is 5.96. The van der Waals surface area contributed by atoms with Gasteiger partial charge in [0.25, 0.3) is 0 Å². The first-order valence-electron chi connectivity index (χ1n) is 7.28. The van der Waals surface area contributed by atoms with Crippen molar-refractivity contribution >= 4 is 21.8 Å². The normalized spacial score (nSPS) is 29.3. The molecule has 3 nitrogen and oxygen atoms in total. The zero-order valence-corrected chi connectivity index (χ0v) is 12.7. The molecule has 2 heterocycles. The minimum atomic E-state index is 0.327. The maximum absolute atomic E-state index is 12.3. The molecule has 2 saturated heterocycles. The molecule has 104 valence electrons. The van der Waals surface area contributed by atoms with E-state index in [-0.39, 0.29) is 0 Å². The molecule has 0 aromatic carbocycles. The van der Waals surface area contributed by atoms with E-state index in [1.165, 1.54) is 19.3 Å². The third kappa shape index (κ3) is 3.95. The summed E-state index contributed by atoms with van der Waals surface area (Å²) in [6.45, 7) is 1.83. The lowest BCUT2D eigenvalue weighted by molar-refractivity contribution is -0.135. The molecule has 2 aliphatic heterocycles. The van der Waals surface area contributed by atoms with Gasteiger partial charge in [-0.25, -0.2) is 0 Å². The van der Waals surface area contributed by atoms with Crippen molar-refractivity contribution in [1.82, 2.24) is 4.90 Å². The Morgan fingerprint density at radius 3 is 2.78 bits per heavy atom. The van der Waals surface area contributed by atoms with Crippen molar-refractivity contribution in [2.75, 3.05) is 18.5 Å². The Balaban J connectivity index is 1.75. The van der Waals surface area contributed by atoms with E-state index >= 15 is 0 Å². The van der Waals surface area contributed by atoms with Crippen molar-refractivity contribution in [3.05, 3.63) is 0 Å². The van der Waals surface area contributed by atoms with E-state index in [4.69, 9.17) is 4.74 Å². The number of hydrogen-bond donors (Lipinski definition) is 0. The molecule has 2 atom stereocenters. The predicted octanol–water partition coefficient (Wildman–Crippen LogP) is 3.11. The van der Waals surface area contributed by atoms with Gasteiger partial charge in [-0.3, -0.25) is 4.79 Å². The van der Waals surface area contributed by atoms with E-state index < -0.39 is 0 Å². The molecule has 0 bridgehead atoms. The molecule has 2 aliphatic rings. The minimum absolute atomic E-state index is 0.327. The van der Waals surface area contributed by atoms with Crippen LogP contribution in [-0.2, 0) is 9.53 Å². The van der Waals surface area contributed by atoms with E-state index in [1.54, 1.807) is 0 Å². The van der Waals surface area contributed by atoms with Gasteiger partial charge in [0, 0.05) is 30.9 Å². The summed E-state index contributed by atoms with van der Waals surface area (Å²) in [7, 11) is 0. The van der Waals surface area contributed by atoms with Crippen molar-refractivity contribution in [3.8, 4) is 0 Å². The second-order valence-corrected chi connectivity index (χ2v) is 6.07. The van der Waals surface area contributed by atoms with Gasteiger partial charge in [-0.05, 0) is 44.9 Å². The molecule has 2 rings (SSSR count). The van der Waals surface area contributed by atoms with Gasteiger partial charge in [-0.2, -0.15) is 0 Å². The minimum Gasteiger partial charge on any atom is -0.378 e. The number of ether oxygens (including phenoxy) is 1. The number of alkyl halides is 1. The summed E-state index contributed by atoms with van der Waals surface area (Å²) in [5.74, 6) is 0.327. The SMILES string of the molecule is O=C(CCC1CCCCO1)N1CCCCC1CBr. The highest BCUT2D eigenvalue weighted by Crippen LogP contribution is 2.22. The first-order chi connectivity index (χ1) is 8.81. The summed E-state index contributed by atoms with van der Waals surface area (Å²) in [6.07, 6.45) is 9.04. The Labute approximate surface area is 118 Å². The highest BCUT2D eigenvalue weighted by atomic mass is 79.9. The number of hydrogen-bond acceptors (Lipinski definition) is 2. The fourth-order valence-corrected chi connectivity index (χ4v) is 3.63. The van der Waals surface area contributed by atoms with Crippen LogP contribution in [0.2, 0.25) is 0 Å². The largest absolute Gasteiger partial charge is 0.378 e. The van der Waals surface area contributed by atoms with E-state index in [2.05, 4.69) is 20.8 Å². The highest BCUT2D eigenvalue weighted by Gasteiger charge is 2.26. The molecule has 4 heteroatoms. The zero-order chi connectivity index (χ0) is 12.8. The average molecular weight is 318 g/mol. The highest BCUT2D eigenvalue weighted by molar-refractivity contribution is 9.09. The summed E-state index contributed by atoms with van der Waals surface area (Å²) >= 11 is 3.53. The van der Waals surface area contributed by atoms with Gasteiger partial charge in [0.15, 0.2) is 0 Å². The average Bonchev–Trinajstić information content (AvgIpc) is 2.45. The van der Waals surface area contributed by atoms with Crippen LogP contribution >= 0.6 is 15.9 Å². The Hall–Kier alpha value is -0.0900. The number of halogens is 1. The second kappa shape index (κ2) is 7.49. The van der Waals surface area contributed by atoms with Crippen LogP contribution in [0.5, 0.6) is 0 Å². The fourth-order valence-electron chi connectivity index (χ4n) is 2.95. The van der Waals surface area contributed by atoms with Crippen LogP contribution in [0.15, 0.2) is 0 Å². The predicted molar refractivity (Wildman–Crippen MR) is 76.0 cm³/mol. The van der Waals surface area contributed by atoms with Gasteiger partial charge in [-0.15, -0.1) is 0 Å². The summed E-state index contributed by atoms with van der Waals surface area (Å²) in [4.78, 5) is 14.3. The molecule has 2 fully saturated rings. The molecule has 0 aromatic rings. The van der Waals surface area contributed by atoms with Crippen molar-refractivity contribution in [1.29, 1.82) is 0 Å². The van der Waals surface area contributed by atoms with E-state index in [1.807, 2.05) is 0 Å². The maximum Gasteiger partial charge on any atom is 0.222 e. The van der Waals surface area contributed by atoms with Crippen LogP contribution in [-0.4, -0.2) is 41.4 Å². The van der Waals surface area contributed by atoms with Gasteiger partial charge < -0.3 is 9.64 Å². The van der Waals surface area contributed by atoms with Gasteiger partial charge in [0.1, 0.15) is 0 Å². The zero-order valence-electron chi connectivity index (χ0n) is 11.1. The number of rotatable bonds is 4. The Morgan fingerprint density at radius 1 is 1.22 bits per heavy atom. The third-order valence-corrected chi connectivity index (χ3v) is 4.83. The van der Waals surface area contributed by atoms with E-state index in [9.17, 15) is 4.79 Å². The molecule has 1 amide bonds. The monoisotopic (exact) mass is 317 g/mol. The molecule has 18 heavy (non-hydrogen) atoms. The third-order valence-electron chi connectivity index (χ3n) is 4.08. The van der Waals surface area contributed by atoms with Gasteiger partial charge in [0.2, 0.25) is 5.91 Å². The number of carbonyl (C=O) groups is 1. The van der Waals surface area contributed by atoms with Gasteiger partial charge >= 0.3 is 0 Å². The summed E-state index contributed by atoms with van der Waals surface area (Å²) in [5, 5.41) is 0.915. The topological polar surface area (TPSA) is 29.5 Å². The summed E-state index contributed by atoms with van der Waals surface area (Å²) < 4.78 is 5.69. The first-order valence-corrected chi connectivity index (χ1v) is 8.40. The molecule has 0 aromatic heterocycles. The van der Waals surface area contributed by atoms with Crippen molar-refractivity contribution in [2.45, 2.75) is 63.5 Å². The molecular formula is C14H24BrNO2. The van der Waals surface area contributed by atoms with Crippen LogP contribution < -0.4 is 0 Å². The summed E-state index contributed by atoms with van der Waals surface area (Å²) in [6, 6.07) is 0.415. The fraction of sp³-hybridized carbons (Fsp3) is 0.929. The van der Waals surface area contributed by atoms with Crippen LogP contribution in [0.4, 0.5) is 0 Å². The number of amides is 1. The van der Waals surface area contributed by atoms with Crippen LogP contribution in [0.1, 0.15) is 51.4 Å². The smallest absolute Gasteiger partial charge is 0.222 e. The molecule has 0 aliphatic carbocycles. The number of nitrogens with zero attached hydrogens (tertiary/aromatic N) is 1. The van der Waals surface area contributed by atoms with Crippen molar-refractivity contribution < 1.29 is 9.53 Å². The van der Waals surface area contributed by atoms with Crippen molar-refractivity contribution in [3.63, 3.8) is 0 Å². The van der Waals surface area contributed by atoms with Crippen molar-refractivity contribution in [2.24, 2.45) is 0 Å². The molecular weight excluding hydrogens is 294 g/mol. The summed E-state index contributed by atoms with van der Waals surface area (Å²) in [5.41, 5.74) is 0. The lowest BCUT2D eigenvalue weighted by Crippen LogP contribution is -2.44. The number of piperidine rings is 1. The van der Waals surface area contributed by atoms with E-state index in [0.717, 1.165) is 44.2 Å². The lowest BCUT2D eigenvalue weighted by atomic mass is 10.0. The van der Waals surface area contributed by atoms with E-state index in [0.29, 0.717) is 24.5 Å². The number of carbonyl (C=O) groups excluding carboxylic acids is 1. The molecule has 0 spiro atoms. The lowest BCUT2D eigenvalue weighted by Gasteiger charge is -2.35. The Bertz CT molecular complexity index is 267. The maximum atomic E-state index is 12.3. The molecule has 0 saturated carbocycles. The standard InChI is InChI=1S/C14H24BrNO2/c15-11-12-5-1-3-9-16(12)14(17)8-7-13-6-2-4-10-18-13/h12-13H,1-11H2. The molecule has 0 N–H and O–H groups in total. The van der Waals surface area contributed by atoms with Gasteiger partial charge in [0.05, 0.1) is 6.10 Å². The van der Waals surface area contributed by atoms with Crippen LogP contribution in [0, 0.1) is 0 Å². The molecule has 0 radical (unpaired) electrons. The second-order valence-electron chi connectivity index (χ2n) is 5.42. The Morgan fingerprint density at radius 2 is 2.06 bits per heavy atom. The van der Waals surface area contributed by atoms with Gasteiger partial charge in [-0.1, -0.05) is 15.9 Å². The first kappa shape index (κ1) is 14.3. The molecule has 2 unspecified atom stereocenters. The number of likely N-dealkylation sites (tertiary alicyclic amines) is 1. The quantitative estimate of drug-likeness (QED) is 0.746. The van der Waals surface area contributed by atoms with Crippen LogP contribution in [0.3, 0.4) is 0 Å². The van der Waals surface area contributed by atoms with Crippen LogP contribution in [0.25, 0.3) is 0 Å².